The summed E-state index contributed by atoms with van der Waals surface area (Å²) in [5.41, 5.74) is 2.48. The van der Waals surface area contributed by atoms with Gasteiger partial charge in [0.1, 0.15) is 6.10 Å². The van der Waals surface area contributed by atoms with Crippen LogP contribution in [0.5, 0.6) is 0 Å². The number of hydrogen-bond acceptors (Lipinski definition) is 6. The van der Waals surface area contributed by atoms with Crippen molar-refractivity contribution in [2.75, 3.05) is 59.4 Å². The van der Waals surface area contributed by atoms with E-state index in [0.29, 0.717) is 23.4 Å². The van der Waals surface area contributed by atoms with Crippen LogP contribution >= 0.6 is 0 Å². The van der Waals surface area contributed by atoms with E-state index >= 15 is 0 Å². The summed E-state index contributed by atoms with van der Waals surface area (Å²) in [6.45, 7) is 21.7. The Labute approximate surface area is 321 Å². The van der Waals surface area contributed by atoms with E-state index < -0.39 is 0 Å². The summed E-state index contributed by atoms with van der Waals surface area (Å²) in [6, 6.07) is 0. The van der Waals surface area contributed by atoms with Crippen molar-refractivity contribution in [2.24, 2.45) is 46.3 Å². The monoisotopic (exact) mass is 723 g/mol. The average Bonchev–Trinajstić information content (AvgIpc) is 3.29. The van der Waals surface area contributed by atoms with Gasteiger partial charge in [0.15, 0.2) is 0 Å². The fourth-order valence-electron chi connectivity index (χ4n) is 13.3. The lowest BCUT2D eigenvalue weighted by molar-refractivity contribution is -0.152. The molecule has 1 unspecified atom stereocenters. The van der Waals surface area contributed by atoms with E-state index in [1.807, 2.05) is 7.05 Å². The van der Waals surface area contributed by atoms with Crippen LogP contribution in [0.4, 0.5) is 0 Å². The van der Waals surface area contributed by atoms with Crippen molar-refractivity contribution in [3.63, 3.8) is 0 Å². The standard InChI is InChI=1S/C46H82N4O2/c1-35(2)14-10-15-36(3)40-19-20-41-39-18-17-37-34-38(21-24-45(37,4)42(39)22-25-46(40,41)5)52-44(51)23-33-48(27-11-26-47-6)28-12-30-50-32-13-31-49-29-9-7-8-16-43(49)50/h17,35-36,38-43,47H,7-16,18-34H2,1-6H3/t36-,38+,39+,40-,41+,42+,43?,45+,46-/m1/s1. The van der Waals surface area contributed by atoms with Crippen LogP contribution in [0.3, 0.4) is 0 Å². The van der Waals surface area contributed by atoms with Crippen LogP contribution in [0.25, 0.3) is 0 Å². The lowest BCUT2D eigenvalue weighted by Crippen LogP contribution is -2.53. The molecule has 6 nitrogen and oxygen atoms in total. The van der Waals surface area contributed by atoms with Crippen LogP contribution < -0.4 is 5.32 Å². The summed E-state index contributed by atoms with van der Waals surface area (Å²) in [4.78, 5) is 21.5. The molecule has 3 saturated carbocycles. The molecular weight excluding hydrogens is 641 g/mol. The predicted molar refractivity (Wildman–Crippen MR) is 217 cm³/mol. The van der Waals surface area contributed by atoms with Gasteiger partial charge < -0.3 is 15.0 Å². The van der Waals surface area contributed by atoms with Crippen molar-refractivity contribution in [3.8, 4) is 0 Å². The van der Waals surface area contributed by atoms with Crippen LogP contribution in [0.1, 0.15) is 157 Å². The van der Waals surface area contributed by atoms with E-state index in [1.165, 1.54) is 122 Å². The summed E-state index contributed by atoms with van der Waals surface area (Å²) >= 11 is 0. The number of nitrogens with zero attached hydrogens (tertiary/aromatic N) is 3. The lowest BCUT2D eigenvalue weighted by Gasteiger charge is -2.58. The zero-order chi connectivity index (χ0) is 36.7. The van der Waals surface area contributed by atoms with Crippen molar-refractivity contribution < 1.29 is 9.53 Å². The Bertz CT molecular complexity index is 1160. The Morgan fingerprint density at radius 3 is 2.56 bits per heavy atom. The molecule has 2 heterocycles. The van der Waals surface area contributed by atoms with Crippen LogP contribution in [-0.4, -0.2) is 92.3 Å². The number of ether oxygens (including phenoxy) is 1. The Morgan fingerprint density at radius 1 is 0.904 bits per heavy atom. The third-order valence-corrected chi connectivity index (χ3v) is 16.2. The van der Waals surface area contributed by atoms with Gasteiger partial charge in [0.05, 0.1) is 12.6 Å². The van der Waals surface area contributed by atoms with E-state index in [4.69, 9.17) is 4.74 Å². The molecule has 298 valence electrons. The zero-order valence-electron chi connectivity index (χ0n) is 34.9. The number of hydrogen-bond donors (Lipinski definition) is 1. The first-order valence-electron chi connectivity index (χ1n) is 22.9. The molecule has 4 aliphatic carbocycles. The van der Waals surface area contributed by atoms with Crippen molar-refractivity contribution in [2.45, 2.75) is 169 Å². The van der Waals surface area contributed by atoms with Crippen molar-refractivity contribution in [1.29, 1.82) is 0 Å². The van der Waals surface area contributed by atoms with Gasteiger partial charge in [-0.3, -0.25) is 14.6 Å². The molecule has 0 spiro atoms. The summed E-state index contributed by atoms with van der Waals surface area (Å²) in [5.74, 6) is 5.22. The van der Waals surface area contributed by atoms with Gasteiger partial charge in [0, 0.05) is 32.6 Å². The average molecular weight is 723 g/mol. The molecule has 6 aliphatic rings. The largest absolute Gasteiger partial charge is 0.462 e. The zero-order valence-corrected chi connectivity index (χ0v) is 34.9. The minimum absolute atomic E-state index is 0.0274. The van der Waals surface area contributed by atoms with Crippen molar-refractivity contribution >= 4 is 5.97 Å². The van der Waals surface area contributed by atoms with Crippen molar-refractivity contribution in [1.82, 2.24) is 20.0 Å². The minimum atomic E-state index is 0.0274. The van der Waals surface area contributed by atoms with Crippen LogP contribution in [-0.2, 0) is 9.53 Å². The number of carbonyl (C=O) groups is 1. The highest BCUT2D eigenvalue weighted by atomic mass is 16.5. The number of esters is 1. The topological polar surface area (TPSA) is 48.0 Å². The highest BCUT2D eigenvalue weighted by Crippen LogP contribution is 2.67. The van der Waals surface area contributed by atoms with E-state index in [-0.39, 0.29) is 12.1 Å². The maximum atomic E-state index is 13.4. The van der Waals surface area contributed by atoms with E-state index in [9.17, 15) is 4.79 Å². The third-order valence-electron chi connectivity index (χ3n) is 16.2. The van der Waals surface area contributed by atoms with Crippen LogP contribution in [0.2, 0.25) is 0 Å². The molecule has 0 aromatic heterocycles. The third kappa shape index (κ3) is 9.52. The van der Waals surface area contributed by atoms with Gasteiger partial charge in [-0.15, -0.1) is 0 Å². The fraction of sp³-hybridized carbons (Fsp3) is 0.935. The van der Waals surface area contributed by atoms with Gasteiger partial charge in [-0.2, -0.15) is 0 Å². The van der Waals surface area contributed by atoms with Gasteiger partial charge in [0.2, 0.25) is 0 Å². The second kappa shape index (κ2) is 18.8. The molecule has 9 atom stereocenters. The number of allylic oxidation sites excluding steroid dienone is 1. The number of rotatable bonds is 17. The molecule has 0 amide bonds. The van der Waals surface area contributed by atoms with Gasteiger partial charge in [-0.1, -0.05) is 78.4 Å². The molecule has 2 saturated heterocycles. The maximum absolute atomic E-state index is 13.4. The molecule has 0 radical (unpaired) electrons. The Morgan fingerprint density at radius 2 is 1.73 bits per heavy atom. The summed E-state index contributed by atoms with van der Waals surface area (Å²) in [7, 11) is 2.04. The molecule has 0 bridgehead atoms. The first-order chi connectivity index (χ1) is 25.1. The number of nitrogens with one attached hydrogen (secondary N) is 1. The van der Waals surface area contributed by atoms with Crippen molar-refractivity contribution in [3.05, 3.63) is 11.6 Å². The van der Waals surface area contributed by atoms with Gasteiger partial charge in [0.25, 0.3) is 0 Å². The second-order valence-corrected chi connectivity index (χ2v) is 19.8. The molecule has 52 heavy (non-hydrogen) atoms. The molecule has 6 heteroatoms. The molecule has 2 aliphatic heterocycles. The molecular formula is C46H82N4O2. The Hall–Kier alpha value is -0.950. The maximum Gasteiger partial charge on any atom is 0.307 e. The first-order valence-corrected chi connectivity index (χ1v) is 22.9. The molecule has 0 aromatic rings. The van der Waals surface area contributed by atoms with Gasteiger partial charge in [-0.25, -0.2) is 0 Å². The molecule has 5 fully saturated rings. The van der Waals surface area contributed by atoms with Crippen LogP contribution in [0, 0.1) is 46.3 Å². The highest BCUT2D eigenvalue weighted by Gasteiger charge is 2.59. The summed E-state index contributed by atoms with van der Waals surface area (Å²) in [6.07, 6.45) is 27.5. The Balaban J connectivity index is 0.974. The summed E-state index contributed by atoms with van der Waals surface area (Å²) in [5, 5.41) is 3.32. The Kier molecular flexibility index (Phi) is 14.7. The van der Waals surface area contributed by atoms with E-state index in [1.54, 1.807) is 5.57 Å². The molecule has 6 rings (SSSR count). The molecule has 1 N–H and O–H groups in total. The van der Waals surface area contributed by atoms with Crippen LogP contribution in [0.15, 0.2) is 11.6 Å². The quantitative estimate of drug-likeness (QED) is 0.0917. The smallest absolute Gasteiger partial charge is 0.307 e. The van der Waals surface area contributed by atoms with Gasteiger partial charge >= 0.3 is 5.97 Å². The van der Waals surface area contributed by atoms with E-state index in [0.717, 1.165) is 80.9 Å². The second-order valence-electron chi connectivity index (χ2n) is 19.8. The SMILES string of the molecule is CNCCCN(CCCN1CCCN2CCCCCC21)CCC(=O)O[C@H]1CC[C@@]2(C)C(=CC[C@H]3[C@@H]4CC[C@H]([C@H](C)CCCC(C)C)[C@@]4(C)CC[C@@H]32)C1. The number of carbonyl (C=O) groups excluding carboxylic acids is 1. The first kappa shape index (κ1) is 40.7. The minimum Gasteiger partial charge on any atom is -0.462 e. The van der Waals surface area contributed by atoms with E-state index in [2.05, 4.69) is 60.7 Å². The highest BCUT2D eigenvalue weighted by molar-refractivity contribution is 5.69. The fourth-order valence-corrected chi connectivity index (χ4v) is 13.3. The number of fused-ring (bicyclic) bond motifs is 6. The predicted octanol–water partition coefficient (Wildman–Crippen LogP) is 9.54. The molecule has 0 aromatic carbocycles. The lowest BCUT2D eigenvalue weighted by atomic mass is 9.47. The van der Waals surface area contributed by atoms with Gasteiger partial charge in [-0.05, 0) is 157 Å². The normalized spacial score (nSPS) is 36.0. The summed E-state index contributed by atoms with van der Waals surface area (Å²) < 4.78 is 6.31.